The summed E-state index contributed by atoms with van der Waals surface area (Å²) in [6.07, 6.45) is 0. The monoisotopic (exact) mass is 298 g/mol. The number of piperazine rings is 1. The van der Waals surface area contributed by atoms with Crippen LogP contribution in [-0.2, 0) is 10.0 Å². The topological polar surface area (TPSA) is 60.9 Å². The summed E-state index contributed by atoms with van der Waals surface area (Å²) in [5, 5.41) is 8.43. The largest absolute Gasteiger partial charge is 0.395 e. The molecule has 112 valence electrons. The van der Waals surface area contributed by atoms with Crippen LogP contribution in [0.4, 0.5) is 0 Å². The third-order valence-corrected chi connectivity index (χ3v) is 6.07. The van der Waals surface area contributed by atoms with E-state index in [-0.39, 0.29) is 12.6 Å². The maximum absolute atomic E-state index is 12.6. The molecule has 1 aromatic rings. The highest BCUT2D eigenvalue weighted by molar-refractivity contribution is 7.89. The molecule has 0 amide bonds. The first kappa shape index (κ1) is 15.4. The van der Waals surface area contributed by atoms with Crippen molar-refractivity contribution in [3.05, 3.63) is 35.9 Å². The van der Waals surface area contributed by atoms with Gasteiger partial charge in [-0.1, -0.05) is 30.3 Å². The van der Waals surface area contributed by atoms with E-state index in [0.29, 0.717) is 19.6 Å². The number of aliphatic hydroxyl groups is 1. The Bertz CT molecular complexity index is 533. The number of sulfonamides is 1. The summed E-state index contributed by atoms with van der Waals surface area (Å²) in [6.45, 7) is 3.04. The van der Waals surface area contributed by atoms with Crippen molar-refractivity contribution >= 4 is 10.0 Å². The zero-order chi connectivity index (χ0) is 14.8. The zero-order valence-corrected chi connectivity index (χ0v) is 12.8. The summed E-state index contributed by atoms with van der Waals surface area (Å²) in [4.78, 5) is 2.13. The van der Waals surface area contributed by atoms with Crippen LogP contribution in [0.2, 0.25) is 0 Å². The van der Waals surface area contributed by atoms with Crippen molar-refractivity contribution in [3.8, 4) is 0 Å². The van der Waals surface area contributed by atoms with Gasteiger partial charge in [0.15, 0.2) is 0 Å². The van der Waals surface area contributed by atoms with Gasteiger partial charge >= 0.3 is 0 Å². The number of aliphatic hydroxyl groups excluding tert-OH is 1. The molecule has 2 unspecified atom stereocenters. The molecule has 0 aliphatic carbocycles. The van der Waals surface area contributed by atoms with Crippen LogP contribution in [0.15, 0.2) is 30.3 Å². The quantitative estimate of drug-likeness (QED) is 0.888. The van der Waals surface area contributed by atoms with Gasteiger partial charge in [0.05, 0.1) is 17.9 Å². The molecule has 1 heterocycles. The molecule has 0 saturated carbocycles. The Morgan fingerprint density at radius 2 is 1.95 bits per heavy atom. The van der Waals surface area contributed by atoms with Crippen molar-refractivity contribution in [2.75, 3.05) is 33.3 Å². The lowest BCUT2D eigenvalue weighted by molar-refractivity contribution is 0.158. The first-order valence-corrected chi connectivity index (χ1v) is 8.32. The molecule has 0 aromatic heterocycles. The lowest BCUT2D eigenvalue weighted by Crippen LogP contribution is -2.51. The molecule has 2 rings (SSSR count). The average Bonchev–Trinajstić information content (AvgIpc) is 2.46. The Balaban J connectivity index is 2.35. The van der Waals surface area contributed by atoms with E-state index >= 15 is 0 Å². The van der Waals surface area contributed by atoms with E-state index in [9.17, 15) is 13.5 Å². The van der Waals surface area contributed by atoms with E-state index in [2.05, 4.69) is 4.90 Å². The first-order valence-electron chi connectivity index (χ1n) is 6.82. The number of likely N-dealkylation sites (N-methyl/N-ethyl adjacent to an activating group) is 1. The fourth-order valence-corrected chi connectivity index (χ4v) is 4.01. The van der Waals surface area contributed by atoms with Gasteiger partial charge in [0.25, 0.3) is 0 Å². The van der Waals surface area contributed by atoms with Crippen LogP contribution in [0.25, 0.3) is 0 Å². The molecular weight excluding hydrogens is 276 g/mol. The van der Waals surface area contributed by atoms with Gasteiger partial charge in [-0.05, 0) is 19.5 Å². The number of rotatable bonds is 4. The van der Waals surface area contributed by atoms with Gasteiger partial charge in [-0.2, -0.15) is 4.31 Å². The summed E-state index contributed by atoms with van der Waals surface area (Å²) >= 11 is 0. The molecule has 2 atom stereocenters. The summed E-state index contributed by atoms with van der Waals surface area (Å²) in [6, 6.07) is 9.49. The van der Waals surface area contributed by atoms with Gasteiger partial charge < -0.3 is 10.0 Å². The summed E-state index contributed by atoms with van der Waals surface area (Å²) in [5.74, 6) is 0. The number of hydrogen-bond donors (Lipinski definition) is 1. The van der Waals surface area contributed by atoms with Crippen LogP contribution in [0.5, 0.6) is 0 Å². The summed E-state index contributed by atoms with van der Waals surface area (Å²) < 4.78 is 26.7. The highest BCUT2D eigenvalue weighted by Gasteiger charge is 2.37. The van der Waals surface area contributed by atoms with Crippen LogP contribution >= 0.6 is 0 Å². The van der Waals surface area contributed by atoms with Crippen molar-refractivity contribution in [2.24, 2.45) is 0 Å². The van der Waals surface area contributed by atoms with Crippen molar-refractivity contribution in [1.82, 2.24) is 9.21 Å². The molecule has 0 spiro atoms. The molecule has 6 heteroatoms. The molecule has 1 aliphatic rings. The second-order valence-electron chi connectivity index (χ2n) is 5.34. The summed E-state index contributed by atoms with van der Waals surface area (Å²) in [7, 11) is -1.48. The van der Waals surface area contributed by atoms with Gasteiger partial charge in [-0.15, -0.1) is 0 Å². The lowest BCUT2D eigenvalue weighted by atomic mass is 10.1. The molecule has 0 radical (unpaired) electrons. The Hall–Kier alpha value is -0.950. The molecular formula is C14H22N2O3S. The van der Waals surface area contributed by atoms with Crippen molar-refractivity contribution in [3.63, 3.8) is 0 Å². The predicted molar refractivity (Wildman–Crippen MR) is 78.9 cm³/mol. The van der Waals surface area contributed by atoms with Crippen molar-refractivity contribution in [2.45, 2.75) is 18.2 Å². The molecule has 1 saturated heterocycles. The number of nitrogens with zero attached hydrogens (tertiary/aromatic N) is 2. The second kappa shape index (κ2) is 6.22. The van der Waals surface area contributed by atoms with E-state index in [4.69, 9.17) is 0 Å². The molecule has 5 nitrogen and oxygen atoms in total. The van der Waals surface area contributed by atoms with Crippen LogP contribution < -0.4 is 0 Å². The smallest absolute Gasteiger partial charge is 0.219 e. The van der Waals surface area contributed by atoms with Gasteiger partial charge in [0, 0.05) is 19.6 Å². The normalized spacial score (nSPS) is 23.6. The van der Waals surface area contributed by atoms with Crippen molar-refractivity contribution in [1.29, 1.82) is 0 Å². The zero-order valence-electron chi connectivity index (χ0n) is 11.9. The van der Waals surface area contributed by atoms with Crippen LogP contribution in [0.1, 0.15) is 18.5 Å². The minimum absolute atomic E-state index is 0.186. The fraction of sp³-hybridized carbons (Fsp3) is 0.571. The van der Waals surface area contributed by atoms with E-state index in [1.807, 2.05) is 37.4 Å². The van der Waals surface area contributed by atoms with Gasteiger partial charge in [-0.25, -0.2) is 8.42 Å². The maximum atomic E-state index is 12.6. The van der Waals surface area contributed by atoms with E-state index in [0.717, 1.165) is 5.56 Å². The average molecular weight is 298 g/mol. The van der Waals surface area contributed by atoms with Gasteiger partial charge in [0.2, 0.25) is 10.0 Å². The third-order valence-electron chi connectivity index (χ3n) is 3.81. The highest BCUT2D eigenvalue weighted by atomic mass is 32.2. The maximum Gasteiger partial charge on any atom is 0.219 e. The molecule has 1 fully saturated rings. The standard InChI is InChI=1S/C14H22N2O3S/c1-12(11-17)20(18,19)16-9-8-15(2)10-14(16)13-6-4-3-5-7-13/h3-7,12,14,17H,8-11H2,1-2H3. The molecule has 20 heavy (non-hydrogen) atoms. The molecule has 0 bridgehead atoms. The third kappa shape index (κ3) is 3.03. The second-order valence-corrected chi connectivity index (χ2v) is 7.64. The van der Waals surface area contributed by atoms with Crippen LogP contribution in [0.3, 0.4) is 0 Å². The lowest BCUT2D eigenvalue weighted by Gasteiger charge is -2.40. The number of hydrogen-bond acceptors (Lipinski definition) is 4. The van der Waals surface area contributed by atoms with E-state index in [1.54, 1.807) is 11.2 Å². The Morgan fingerprint density at radius 3 is 2.55 bits per heavy atom. The Morgan fingerprint density at radius 1 is 1.30 bits per heavy atom. The molecule has 1 aromatic carbocycles. The molecule has 1 aliphatic heterocycles. The summed E-state index contributed by atoms with van der Waals surface area (Å²) in [5.41, 5.74) is 0.993. The van der Waals surface area contributed by atoms with Crippen molar-refractivity contribution < 1.29 is 13.5 Å². The highest BCUT2D eigenvalue weighted by Crippen LogP contribution is 2.29. The Kier molecular flexibility index (Phi) is 4.80. The molecule has 1 N–H and O–H groups in total. The van der Waals surface area contributed by atoms with Crippen LogP contribution in [0, 0.1) is 0 Å². The minimum atomic E-state index is -3.48. The van der Waals surface area contributed by atoms with E-state index < -0.39 is 15.3 Å². The first-order chi connectivity index (χ1) is 9.46. The fourth-order valence-electron chi connectivity index (χ4n) is 2.48. The van der Waals surface area contributed by atoms with Gasteiger partial charge in [0.1, 0.15) is 0 Å². The Labute approximate surface area is 120 Å². The van der Waals surface area contributed by atoms with Gasteiger partial charge in [-0.3, -0.25) is 0 Å². The SMILES string of the molecule is CC(CO)S(=O)(=O)N1CCN(C)CC1c1ccccc1. The number of benzene rings is 1. The predicted octanol–water partition coefficient (Wildman–Crippen LogP) is 0.686. The van der Waals surface area contributed by atoms with Crippen LogP contribution in [-0.4, -0.2) is 61.3 Å². The van der Waals surface area contributed by atoms with E-state index in [1.165, 1.54) is 0 Å². The minimum Gasteiger partial charge on any atom is -0.395 e.